The van der Waals surface area contributed by atoms with Gasteiger partial charge in [-0.15, -0.1) is 0 Å². The van der Waals surface area contributed by atoms with Crippen LogP contribution in [0.25, 0.3) is 22.6 Å². The Balaban J connectivity index is 1.64. The average molecular weight is 485 g/mol. The molecular weight excluding hydrogens is 467 g/mol. The summed E-state index contributed by atoms with van der Waals surface area (Å²) >= 11 is 12.5. The maximum atomic E-state index is 10.8. The fourth-order valence-electron chi connectivity index (χ4n) is 3.09. The zero-order chi connectivity index (χ0) is 23.5. The van der Waals surface area contributed by atoms with Crippen LogP contribution in [0.4, 0.5) is 11.5 Å². The van der Waals surface area contributed by atoms with E-state index in [9.17, 15) is 10.1 Å². The van der Waals surface area contributed by atoms with E-state index < -0.39 is 11.0 Å². The number of halogens is 2. The van der Waals surface area contributed by atoms with Crippen LogP contribution in [0.2, 0.25) is 10.0 Å². The standard InChI is InChI=1S/C21H18Cl2N8O2/c1-11-7-27-20(29-11)15-9-28-21(30-19(15)14-4-2-12(22)6-16(14)23)17(24)10-26-18-5-3-13(8-25-18)31(32)33/h2-9,17H,10,24H2,1H3,(H,25,26)(H,27,29). The molecule has 0 radical (unpaired) electrons. The summed E-state index contributed by atoms with van der Waals surface area (Å²) in [6.45, 7) is 2.15. The molecule has 3 heterocycles. The van der Waals surface area contributed by atoms with E-state index in [1.165, 1.54) is 18.3 Å². The van der Waals surface area contributed by atoms with Crippen molar-refractivity contribution in [2.24, 2.45) is 5.73 Å². The fourth-order valence-corrected chi connectivity index (χ4v) is 3.59. The van der Waals surface area contributed by atoms with Gasteiger partial charge in [0.1, 0.15) is 23.7 Å². The first-order valence-corrected chi connectivity index (χ1v) is 10.5. The van der Waals surface area contributed by atoms with Crippen LogP contribution in [0.1, 0.15) is 17.6 Å². The molecule has 4 aromatic rings. The van der Waals surface area contributed by atoms with Crippen LogP contribution in [-0.2, 0) is 0 Å². The number of aromatic nitrogens is 5. The number of nitrogens with zero attached hydrogens (tertiary/aromatic N) is 5. The van der Waals surface area contributed by atoms with Gasteiger partial charge in [0, 0.05) is 41.3 Å². The Labute approximate surface area is 198 Å². The van der Waals surface area contributed by atoms with Crippen molar-refractivity contribution in [1.82, 2.24) is 24.9 Å². The number of benzene rings is 1. The van der Waals surface area contributed by atoms with E-state index in [1.807, 2.05) is 6.92 Å². The number of nitro groups is 1. The molecule has 0 spiro atoms. The van der Waals surface area contributed by atoms with Crippen LogP contribution in [0, 0.1) is 17.0 Å². The molecule has 0 bridgehead atoms. The second-order valence-corrected chi connectivity index (χ2v) is 8.02. The van der Waals surface area contributed by atoms with Gasteiger partial charge in [0.05, 0.1) is 27.2 Å². The normalized spacial score (nSPS) is 11.9. The second kappa shape index (κ2) is 9.49. The molecule has 1 unspecified atom stereocenters. The fraction of sp³-hybridized carbons (Fsp3) is 0.143. The third kappa shape index (κ3) is 5.08. The van der Waals surface area contributed by atoms with E-state index in [1.54, 1.807) is 30.6 Å². The van der Waals surface area contributed by atoms with Gasteiger partial charge in [-0.2, -0.15) is 0 Å². The highest BCUT2D eigenvalue weighted by atomic mass is 35.5. The van der Waals surface area contributed by atoms with E-state index in [2.05, 4.69) is 25.3 Å². The number of imidazole rings is 1. The average Bonchev–Trinajstić information content (AvgIpc) is 3.23. The van der Waals surface area contributed by atoms with Gasteiger partial charge in [-0.3, -0.25) is 10.1 Å². The van der Waals surface area contributed by atoms with Crippen molar-refractivity contribution in [3.63, 3.8) is 0 Å². The number of aryl methyl sites for hydroxylation is 1. The van der Waals surface area contributed by atoms with Crippen molar-refractivity contribution < 1.29 is 4.92 Å². The Morgan fingerprint density at radius 2 is 1.94 bits per heavy atom. The molecule has 0 fully saturated rings. The number of pyridine rings is 1. The topological polar surface area (TPSA) is 149 Å². The maximum absolute atomic E-state index is 10.8. The molecule has 0 aliphatic carbocycles. The Morgan fingerprint density at radius 3 is 2.58 bits per heavy atom. The molecular formula is C21H18Cl2N8O2. The van der Waals surface area contributed by atoms with Crippen LogP contribution in [-0.4, -0.2) is 36.4 Å². The van der Waals surface area contributed by atoms with E-state index >= 15 is 0 Å². The number of hydrogen-bond donors (Lipinski definition) is 3. The molecule has 10 nitrogen and oxygen atoms in total. The summed E-state index contributed by atoms with van der Waals surface area (Å²) in [6.07, 6.45) is 4.53. The van der Waals surface area contributed by atoms with Crippen molar-refractivity contribution in [1.29, 1.82) is 0 Å². The zero-order valence-electron chi connectivity index (χ0n) is 17.3. The van der Waals surface area contributed by atoms with Gasteiger partial charge >= 0.3 is 0 Å². The van der Waals surface area contributed by atoms with Crippen LogP contribution in [0.15, 0.2) is 48.9 Å². The van der Waals surface area contributed by atoms with Crippen molar-refractivity contribution in [3.05, 3.63) is 80.6 Å². The maximum Gasteiger partial charge on any atom is 0.287 e. The molecule has 0 saturated heterocycles. The second-order valence-electron chi connectivity index (χ2n) is 7.18. The number of nitrogens with two attached hydrogens (primary N) is 1. The lowest BCUT2D eigenvalue weighted by atomic mass is 10.1. The predicted molar refractivity (Wildman–Crippen MR) is 126 cm³/mol. The molecule has 4 rings (SSSR count). The third-order valence-electron chi connectivity index (χ3n) is 4.75. The minimum Gasteiger partial charge on any atom is -0.368 e. The van der Waals surface area contributed by atoms with Crippen molar-refractivity contribution in [2.75, 3.05) is 11.9 Å². The molecule has 0 amide bonds. The first kappa shape index (κ1) is 22.6. The SMILES string of the molecule is Cc1cnc(-c2cnc(C(N)CNc3ccc([N+](=O)[O-])cn3)nc2-c2ccc(Cl)cc2Cl)[nH]1. The molecule has 0 aliphatic heterocycles. The summed E-state index contributed by atoms with van der Waals surface area (Å²) in [5.41, 5.74) is 8.99. The van der Waals surface area contributed by atoms with E-state index in [0.29, 0.717) is 44.3 Å². The number of anilines is 1. The van der Waals surface area contributed by atoms with Crippen LogP contribution in [0.5, 0.6) is 0 Å². The van der Waals surface area contributed by atoms with Crippen LogP contribution in [0.3, 0.4) is 0 Å². The quantitative estimate of drug-likeness (QED) is 0.255. The highest BCUT2D eigenvalue weighted by Gasteiger charge is 2.19. The summed E-state index contributed by atoms with van der Waals surface area (Å²) in [6, 6.07) is 7.41. The lowest BCUT2D eigenvalue weighted by Gasteiger charge is -2.15. The summed E-state index contributed by atoms with van der Waals surface area (Å²) in [7, 11) is 0. The van der Waals surface area contributed by atoms with Gasteiger partial charge in [-0.1, -0.05) is 23.2 Å². The molecule has 3 aromatic heterocycles. The molecule has 1 aromatic carbocycles. The third-order valence-corrected chi connectivity index (χ3v) is 5.29. The summed E-state index contributed by atoms with van der Waals surface area (Å²) in [5, 5.41) is 14.7. The van der Waals surface area contributed by atoms with Gasteiger partial charge in [0.2, 0.25) is 0 Å². The Morgan fingerprint density at radius 1 is 1.12 bits per heavy atom. The Hall–Kier alpha value is -3.60. The summed E-state index contributed by atoms with van der Waals surface area (Å²) < 4.78 is 0. The molecule has 33 heavy (non-hydrogen) atoms. The number of rotatable bonds is 7. The van der Waals surface area contributed by atoms with E-state index in [0.717, 1.165) is 5.69 Å². The predicted octanol–water partition coefficient (Wildman–Crippen LogP) is 4.56. The van der Waals surface area contributed by atoms with Gasteiger partial charge in [0.25, 0.3) is 5.69 Å². The lowest BCUT2D eigenvalue weighted by Crippen LogP contribution is -2.23. The van der Waals surface area contributed by atoms with Crippen molar-refractivity contribution in [3.8, 4) is 22.6 Å². The zero-order valence-corrected chi connectivity index (χ0v) is 18.8. The molecule has 4 N–H and O–H groups in total. The Bertz CT molecular complexity index is 1310. The molecule has 0 saturated carbocycles. The first-order valence-electron chi connectivity index (χ1n) is 9.76. The van der Waals surface area contributed by atoms with Crippen LogP contribution >= 0.6 is 23.2 Å². The van der Waals surface area contributed by atoms with Gasteiger partial charge < -0.3 is 16.0 Å². The largest absolute Gasteiger partial charge is 0.368 e. The molecule has 1 atom stereocenters. The van der Waals surface area contributed by atoms with Gasteiger partial charge in [0.15, 0.2) is 0 Å². The highest BCUT2D eigenvalue weighted by Crippen LogP contribution is 2.35. The monoisotopic (exact) mass is 484 g/mol. The van der Waals surface area contributed by atoms with Crippen molar-refractivity contribution >= 4 is 34.7 Å². The van der Waals surface area contributed by atoms with Gasteiger partial charge in [-0.25, -0.2) is 19.9 Å². The van der Waals surface area contributed by atoms with E-state index in [4.69, 9.17) is 33.9 Å². The minimum absolute atomic E-state index is 0.0959. The van der Waals surface area contributed by atoms with Crippen LogP contribution < -0.4 is 11.1 Å². The number of hydrogen-bond acceptors (Lipinski definition) is 8. The molecule has 12 heteroatoms. The van der Waals surface area contributed by atoms with E-state index in [-0.39, 0.29) is 12.2 Å². The summed E-state index contributed by atoms with van der Waals surface area (Å²) in [4.78, 5) is 31.0. The van der Waals surface area contributed by atoms with Crippen molar-refractivity contribution in [2.45, 2.75) is 13.0 Å². The smallest absolute Gasteiger partial charge is 0.287 e. The van der Waals surface area contributed by atoms with Gasteiger partial charge in [-0.05, 0) is 31.2 Å². The molecule has 0 aliphatic rings. The number of nitrogens with one attached hydrogen (secondary N) is 2. The lowest BCUT2D eigenvalue weighted by molar-refractivity contribution is -0.385. The molecule has 168 valence electrons. The Kier molecular flexibility index (Phi) is 6.50. The summed E-state index contributed by atoms with van der Waals surface area (Å²) in [5.74, 6) is 1.42. The highest BCUT2D eigenvalue weighted by molar-refractivity contribution is 6.36. The number of H-pyrrole nitrogens is 1. The first-order chi connectivity index (χ1) is 15.8. The number of aromatic amines is 1. The minimum atomic E-state index is -0.598.